The van der Waals surface area contributed by atoms with Gasteiger partial charge >= 0.3 is 0 Å². The van der Waals surface area contributed by atoms with Crippen molar-refractivity contribution in [2.45, 2.75) is 63.3 Å². The van der Waals surface area contributed by atoms with Crippen LogP contribution in [0, 0.1) is 17.8 Å². The maximum Gasteiger partial charge on any atom is 0.155 e. The van der Waals surface area contributed by atoms with E-state index in [0.717, 1.165) is 42.5 Å². The van der Waals surface area contributed by atoms with E-state index in [1.807, 2.05) is 0 Å². The van der Waals surface area contributed by atoms with Gasteiger partial charge in [0.05, 0.1) is 0 Å². The van der Waals surface area contributed by atoms with Gasteiger partial charge < -0.3 is 21.3 Å². The number of likely N-dealkylation sites (tertiary alicyclic amines) is 1. The zero-order valence-electron chi connectivity index (χ0n) is 16.4. The van der Waals surface area contributed by atoms with Gasteiger partial charge in [-0.3, -0.25) is 0 Å². The summed E-state index contributed by atoms with van der Waals surface area (Å²) in [5, 5.41) is 7.26. The molecule has 5 aliphatic rings. The summed E-state index contributed by atoms with van der Waals surface area (Å²) in [4.78, 5) is 11.5. The molecule has 148 valence electrons. The Morgan fingerprint density at radius 1 is 0.963 bits per heavy atom. The average molecular weight is 371 g/mol. The van der Waals surface area contributed by atoms with Gasteiger partial charge in [0.2, 0.25) is 0 Å². The molecule has 1 aromatic rings. The van der Waals surface area contributed by atoms with Crippen LogP contribution in [0.4, 0.5) is 17.3 Å². The van der Waals surface area contributed by atoms with Crippen LogP contribution in [0.3, 0.4) is 0 Å². The van der Waals surface area contributed by atoms with Crippen molar-refractivity contribution in [1.82, 2.24) is 14.9 Å². The fourth-order valence-corrected chi connectivity index (χ4v) is 6.67. The van der Waals surface area contributed by atoms with Crippen LogP contribution in [-0.2, 0) is 0 Å². The number of nitrogen functional groups attached to an aromatic ring is 1. The van der Waals surface area contributed by atoms with Gasteiger partial charge in [-0.1, -0.05) is 6.42 Å². The highest BCUT2D eigenvalue weighted by molar-refractivity contribution is 5.74. The lowest BCUT2D eigenvalue weighted by atomic mass is 9.53. The van der Waals surface area contributed by atoms with E-state index >= 15 is 0 Å². The normalized spacial score (nSPS) is 35.3. The predicted molar refractivity (Wildman–Crippen MR) is 110 cm³/mol. The van der Waals surface area contributed by atoms with Gasteiger partial charge in [-0.05, 0) is 82.2 Å². The number of hydrogen-bond acceptors (Lipinski definition) is 6. The summed E-state index contributed by atoms with van der Waals surface area (Å²) >= 11 is 0. The average Bonchev–Trinajstić information content (AvgIpc) is 2.64. The molecule has 1 saturated heterocycles. The minimum absolute atomic E-state index is 0.224. The molecular formula is C21H34N6. The molecule has 0 atom stereocenters. The molecule has 2 heterocycles. The van der Waals surface area contributed by atoms with E-state index in [9.17, 15) is 0 Å². The zero-order chi connectivity index (χ0) is 18.3. The number of hydrogen-bond donors (Lipinski definition) is 3. The molecule has 27 heavy (non-hydrogen) atoms. The summed E-state index contributed by atoms with van der Waals surface area (Å²) in [6, 6.07) is 0. The molecule has 1 aromatic heterocycles. The highest BCUT2D eigenvalue weighted by atomic mass is 15.2. The van der Waals surface area contributed by atoms with Crippen molar-refractivity contribution in [3.05, 3.63) is 6.33 Å². The lowest BCUT2D eigenvalue weighted by Crippen LogP contribution is -2.55. The van der Waals surface area contributed by atoms with Crippen LogP contribution in [-0.4, -0.2) is 46.6 Å². The first-order valence-corrected chi connectivity index (χ1v) is 11.0. The SMILES string of the molecule is Nc1c(NCCN2CCCCC2)ncnc1NC12CC3CC(CC(C3)C1)C2. The number of anilines is 3. The number of piperidine rings is 1. The smallest absolute Gasteiger partial charge is 0.155 e. The molecule has 6 heteroatoms. The van der Waals surface area contributed by atoms with E-state index in [2.05, 4.69) is 25.5 Å². The monoisotopic (exact) mass is 370 g/mol. The zero-order valence-corrected chi connectivity index (χ0v) is 16.4. The Bertz CT molecular complexity index is 633. The topological polar surface area (TPSA) is 79.1 Å². The summed E-state index contributed by atoms with van der Waals surface area (Å²) in [6.45, 7) is 4.39. The minimum Gasteiger partial charge on any atom is -0.393 e. The molecule has 4 N–H and O–H groups in total. The Hall–Kier alpha value is -1.56. The molecule has 4 aliphatic carbocycles. The van der Waals surface area contributed by atoms with Crippen molar-refractivity contribution in [3.8, 4) is 0 Å². The minimum atomic E-state index is 0.224. The second-order valence-corrected chi connectivity index (χ2v) is 9.64. The fourth-order valence-electron chi connectivity index (χ4n) is 6.67. The molecule has 5 fully saturated rings. The Labute approximate surface area is 162 Å². The van der Waals surface area contributed by atoms with E-state index < -0.39 is 0 Å². The van der Waals surface area contributed by atoms with Gasteiger partial charge in [-0.25, -0.2) is 9.97 Å². The first kappa shape index (κ1) is 17.5. The van der Waals surface area contributed by atoms with Crippen molar-refractivity contribution in [1.29, 1.82) is 0 Å². The lowest BCUT2D eigenvalue weighted by molar-refractivity contribution is 0.0106. The second kappa shape index (κ2) is 7.12. The Kier molecular flexibility index (Phi) is 4.62. The summed E-state index contributed by atoms with van der Waals surface area (Å²) in [6.07, 6.45) is 13.9. The third kappa shape index (κ3) is 3.60. The summed E-state index contributed by atoms with van der Waals surface area (Å²) in [5.74, 6) is 4.36. The third-order valence-corrected chi connectivity index (χ3v) is 7.47. The van der Waals surface area contributed by atoms with E-state index in [4.69, 9.17) is 5.73 Å². The van der Waals surface area contributed by atoms with Gasteiger partial charge in [0.15, 0.2) is 11.6 Å². The first-order chi connectivity index (χ1) is 13.2. The Morgan fingerprint density at radius 3 is 2.26 bits per heavy atom. The van der Waals surface area contributed by atoms with E-state index in [-0.39, 0.29) is 5.54 Å². The molecule has 0 spiro atoms. The van der Waals surface area contributed by atoms with E-state index in [0.29, 0.717) is 5.69 Å². The van der Waals surface area contributed by atoms with E-state index in [1.165, 1.54) is 70.9 Å². The largest absolute Gasteiger partial charge is 0.393 e. The molecule has 0 radical (unpaired) electrons. The van der Waals surface area contributed by atoms with Gasteiger partial charge in [0.1, 0.15) is 12.0 Å². The summed E-state index contributed by atoms with van der Waals surface area (Å²) < 4.78 is 0. The fraction of sp³-hybridized carbons (Fsp3) is 0.810. The molecule has 0 unspecified atom stereocenters. The van der Waals surface area contributed by atoms with Crippen LogP contribution >= 0.6 is 0 Å². The highest BCUT2D eigenvalue weighted by Gasteiger charge is 2.51. The molecule has 4 bridgehead atoms. The van der Waals surface area contributed by atoms with Crippen molar-refractivity contribution in [2.75, 3.05) is 42.5 Å². The highest BCUT2D eigenvalue weighted by Crippen LogP contribution is 2.56. The van der Waals surface area contributed by atoms with Crippen LogP contribution in [0.2, 0.25) is 0 Å². The summed E-state index contributed by atoms with van der Waals surface area (Å²) in [5.41, 5.74) is 7.38. The number of nitrogens with one attached hydrogen (secondary N) is 2. The van der Waals surface area contributed by atoms with Gasteiger partial charge in [-0.15, -0.1) is 0 Å². The van der Waals surface area contributed by atoms with Crippen LogP contribution < -0.4 is 16.4 Å². The first-order valence-electron chi connectivity index (χ1n) is 11.0. The molecule has 0 aromatic carbocycles. The number of nitrogens with two attached hydrogens (primary N) is 1. The molecule has 4 saturated carbocycles. The molecule has 0 amide bonds. The molecule has 1 aliphatic heterocycles. The van der Waals surface area contributed by atoms with Crippen molar-refractivity contribution >= 4 is 17.3 Å². The van der Waals surface area contributed by atoms with Crippen LogP contribution in [0.1, 0.15) is 57.8 Å². The lowest BCUT2D eigenvalue weighted by Gasteiger charge is -2.57. The van der Waals surface area contributed by atoms with Gasteiger partial charge in [-0.2, -0.15) is 0 Å². The second-order valence-electron chi connectivity index (χ2n) is 9.64. The van der Waals surface area contributed by atoms with Crippen molar-refractivity contribution in [3.63, 3.8) is 0 Å². The van der Waals surface area contributed by atoms with Gasteiger partial charge in [0.25, 0.3) is 0 Å². The standard InChI is InChI=1S/C21H34N6/c22-18-19(23-4-7-27-5-2-1-3-6-27)24-14-25-20(18)26-21-11-15-8-16(12-21)10-17(9-15)13-21/h14-17H,1-13,22H2,(H2,23,24,25,26). The molecule has 6 nitrogen and oxygen atoms in total. The van der Waals surface area contributed by atoms with Crippen LogP contribution in [0.15, 0.2) is 6.33 Å². The van der Waals surface area contributed by atoms with Crippen molar-refractivity contribution in [2.24, 2.45) is 17.8 Å². The predicted octanol–water partition coefficient (Wildman–Crippen LogP) is 3.34. The maximum absolute atomic E-state index is 6.47. The number of aromatic nitrogens is 2. The van der Waals surface area contributed by atoms with E-state index in [1.54, 1.807) is 6.33 Å². The summed E-state index contributed by atoms with van der Waals surface area (Å²) in [7, 11) is 0. The van der Waals surface area contributed by atoms with Crippen LogP contribution in [0.25, 0.3) is 0 Å². The Balaban J connectivity index is 1.23. The molecular weight excluding hydrogens is 336 g/mol. The van der Waals surface area contributed by atoms with Crippen molar-refractivity contribution < 1.29 is 0 Å². The number of rotatable bonds is 6. The number of nitrogens with zero attached hydrogens (tertiary/aromatic N) is 3. The molecule has 6 rings (SSSR count). The maximum atomic E-state index is 6.47. The third-order valence-electron chi connectivity index (χ3n) is 7.47. The van der Waals surface area contributed by atoms with Gasteiger partial charge in [0, 0.05) is 18.6 Å². The quantitative estimate of drug-likeness (QED) is 0.713. The Morgan fingerprint density at radius 2 is 1.59 bits per heavy atom. The van der Waals surface area contributed by atoms with Crippen LogP contribution in [0.5, 0.6) is 0 Å².